The maximum atomic E-state index is 11.5. The lowest BCUT2D eigenvalue weighted by Crippen LogP contribution is -2.46. The molecule has 3 atom stereocenters. The summed E-state index contributed by atoms with van der Waals surface area (Å²) in [4.78, 5) is 13.9. The van der Waals surface area contributed by atoms with Crippen LogP contribution in [0.5, 0.6) is 0 Å². The van der Waals surface area contributed by atoms with Crippen molar-refractivity contribution in [3.8, 4) is 0 Å². The van der Waals surface area contributed by atoms with Gasteiger partial charge in [-0.2, -0.15) is 0 Å². The molecule has 1 aliphatic heterocycles. The molecule has 0 aromatic carbocycles. The summed E-state index contributed by atoms with van der Waals surface area (Å²) < 4.78 is 5.71. The molecule has 2 rings (SSSR count). The first-order valence-electron chi connectivity index (χ1n) is 7.80. The van der Waals surface area contributed by atoms with Crippen LogP contribution in [-0.2, 0) is 9.53 Å². The Kier molecular flexibility index (Phi) is 5.64. The molecule has 1 N–H and O–H groups in total. The van der Waals surface area contributed by atoms with Crippen molar-refractivity contribution in [3.05, 3.63) is 0 Å². The number of hydrogen-bond acceptors (Lipinski definition) is 3. The average molecular weight is 269 g/mol. The molecule has 2 fully saturated rings. The zero-order valence-electron chi connectivity index (χ0n) is 12.0. The van der Waals surface area contributed by atoms with Crippen LogP contribution in [0.1, 0.15) is 51.9 Å². The fraction of sp³-hybridized carbons (Fsp3) is 0.933. The SMILES string of the molecule is CCN(CC1CCCO1)C1CCCCCC1C(=O)O. The summed E-state index contributed by atoms with van der Waals surface area (Å²) in [6.07, 6.45) is 7.85. The van der Waals surface area contributed by atoms with Crippen molar-refractivity contribution in [2.45, 2.75) is 64.0 Å². The van der Waals surface area contributed by atoms with E-state index in [4.69, 9.17) is 4.74 Å². The van der Waals surface area contributed by atoms with Crippen LogP contribution in [0.15, 0.2) is 0 Å². The fourth-order valence-corrected chi connectivity index (χ4v) is 3.56. The van der Waals surface area contributed by atoms with Gasteiger partial charge in [-0.15, -0.1) is 0 Å². The Labute approximate surface area is 116 Å². The second-order valence-corrected chi connectivity index (χ2v) is 5.87. The smallest absolute Gasteiger partial charge is 0.308 e. The molecule has 19 heavy (non-hydrogen) atoms. The lowest BCUT2D eigenvalue weighted by atomic mass is 9.93. The minimum absolute atomic E-state index is 0.191. The molecule has 1 aliphatic carbocycles. The van der Waals surface area contributed by atoms with E-state index in [9.17, 15) is 9.90 Å². The number of rotatable bonds is 5. The molecule has 0 spiro atoms. The number of carboxylic acid groups (broad SMARTS) is 1. The van der Waals surface area contributed by atoms with E-state index >= 15 is 0 Å². The predicted octanol–water partition coefficient (Wildman–Crippen LogP) is 2.52. The summed E-state index contributed by atoms with van der Waals surface area (Å²) in [6.45, 7) is 4.84. The van der Waals surface area contributed by atoms with E-state index in [1.807, 2.05) is 0 Å². The van der Waals surface area contributed by atoms with Crippen molar-refractivity contribution in [2.75, 3.05) is 19.7 Å². The van der Waals surface area contributed by atoms with Gasteiger partial charge in [0.05, 0.1) is 12.0 Å². The molecular weight excluding hydrogens is 242 g/mol. The Balaban J connectivity index is 2.01. The molecule has 0 aromatic heterocycles. The van der Waals surface area contributed by atoms with E-state index in [0.29, 0.717) is 6.10 Å². The van der Waals surface area contributed by atoms with Crippen molar-refractivity contribution in [1.82, 2.24) is 4.90 Å². The highest BCUT2D eigenvalue weighted by atomic mass is 16.5. The molecule has 2 aliphatic rings. The molecule has 4 nitrogen and oxygen atoms in total. The number of likely N-dealkylation sites (N-methyl/N-ethyl adjacent to an activating group) is 1. The fourth-order valence-electron chi connectivity index (χ4n) is 3.56. The summed E-state index contributed by atoms with van der Waals surface area (Å²) >= 11 is 0. The highest BCUT2D eigenvalue weighted by molar-refractivity contribution is 5.70. The first kappa shape index (κ1) is 14.8. The lowest BCUT2D eigenvalue weighted by Gasteiger charge is -2.35. The number of carboxylic acids is 1. The van der Waals surface area contributed by atoms with Gasteiger partial charge in [-0.05, 0) is 32.2 Å². The van der Waals surface area contributed by atoms with Crippen LogP contribution in [0.25, 0.3) is 0 Å². The number of aliphatic carboxylic acids is 1. The van der Waals surface area contributed by atoms with Crippen LogP contribution in [0.4, 0.5) is 0 Å². The number of ether oxygens (including phenoxy) is 1. The van der Waals surface area contributed by atoms with Crippen LogP contribution < -0.4 is 0 Å². The van der Waals surface area contributed by atoms with E-state index in [1.165, 1.54) is 6.42 Å². The van der Waals surface area contributed by atoms with Gasteiger partial charge in [-0.1, -0.05) is 26.2 Å². The molecule has 4 heteroatoms. The second kappa shape index (κ2) is 7.25. The predicted molar refractivity (Wildman–Crippen MR) is 74.2 cm³/mol. The first-order chi connectivity index (χ1) is 9.22. The zero-order valence-corrected chi connectivity index (χ0v) is 12.0. The molecule has 1 saturated heterocycles. The topological polar surface area (TPSA) is 49.8 Å². The van der Waals surface area contributed by atoms with Gasteiger partial charge in [0, 0.05) is 19.2 Å². The van der Waals surface area contributed by atoms with E-state index < -0.39 is 5.97 Å². The molecular formula is C15H27NO3. The zero-order chi connectivity index (χ0) is 13.7. The van der Waals surface area contributed by atoms with Crippen molar-refractivity contribution < 1.29 is 14.6 Å². The van der Waals surface area contributed by atoms with Crippen LogP contribution in [0, 0.1) is 5.92 Å². The van der Waals surface area contributed by atoms with Crippen molar-refractivity contribution in [2.24, 2.45) is 5.92 Å². The molecule has 0 bridgehead atoms. The third-order valence-electron chi connectivity index (χ3n) is 4.63. The Hall–Kier alpha value is -0.610. The molecule has 0 aromatic rings. The highest BCUT2D eigenvalue weighted by Crippen LogP contribution is 2.28. The number of nitrogens with zero attached hydrogens (tertiary/aromatic N) is 1. The van der Waals surface area contributed by atoms with Crippen LogP contribution in [0.2, 0.25) is 0 Å². The van der Waals surface area contributed by atoms with Gasteiger partial charge in [-0.3, -0.25) is 9.69 Å². The van der Waals surface area contributed by atoms with E-state index in [1.54, 1.807) is 0 Å². The number of hydrogen-bond donors (Lipinski definition) is 1. The van der Waals surface area contributed by atoms with Gasteiger partial charge in [0.2, 0.25) is 0 Å². The molecule has 1 saturated carbocycles. The summed E-state index contributed by atoms with van der Waals surface area (Å²) in [7, 11) is 0. The quantitative estimate of drug-likeness (QED) is 0.779. The van der Waals surface area contributed by atoms with E-state index in [-0.39, 0.29) is 12.0 Å². The third kappa shape index (κ3) is 3.93. The molecule has 110 valence electrons. The Morgan fingerprint density at radius 1 is 1.21 bits per heavy atom. The van der Waals surface area contributed by atoms with Crippen LogP contribution in [0.3, 0.4) is 0 Å². The maximum absolute atomic E-state index is 11.5. The summed E-state index contributed by atoms with van der Waals surface area (Å²) in [5.74, 6) is -0.804. The van der Waals surface area contributed by atoms with E-state index in [0.717, 1.165) is 58.2 Å². The second-order valence-electron chi connectivity index (χ2n) is 5.87. The summed E-state index contributed by atoms with van der Waals surface area (Å²) in [5.41, 5.74) is 0. The highest BCUT2D eigenvalue weighted by Gasteiger charge is 2.34. The van der Waals surface area contributed by atoms with Gasteiger partial charge in [0.25, 0.3) is 0 Å². The van der Waals surface area contributed by atoms with Gasteiger partial charge >= 0.3 is 5.97 Å². The minimum Gasteiger partial charge on any atom is -0.481 e. The standard InChI is InChI=1S/C15H27NO3/c1-2-16(11-12-7-6-10-19-12)14-9-5-3-4-8-13(14)15(17)18/h12-14H,2-11H2,1H3,(H,17,18). The molecule has 0 radical (unpaired) electrons. The minimum atomic E-state index is -0.613. The van der Waals surface area contributed by atoms with Crippen molar-refractivity contribution in [3.63, 3.8) is 0 Å². The van der Waals surface area contributed by atoms with Gasteiger partial charge in [0.1, 0.15) is 0 Å². The van der Waals surface area contributed by atoms with Gasteiger partial charge < -0.3 is 9.84 Å². The molecule has 0 amide bonds. The normalized spacial score (nSPS) is 32.4. The monoisotopic (exact) mass is 269 g/mol. The van der Waals surface area contributed by atoms with Gasteiger partial charge in [-0.25, -0.2) is 0 Å². The Morgan fingerprint density at radius 3 is 2.63 bits per heavy atom. The largest absolute Gasteiger partial charge is 0.481 e. The van der Waals surface area contributed by atoms with E-state index in [2.05, 4.69) is 11.8 Å². The first-order valence-corrected chi connectivity index (χ1v) is 7.80. The van der Waals surface area contributed by atoms with Crippen molar-refractivity contribution in [1.29, 1.82) is 0 Å². The Bertz CT molecular complexity index is 289. The lowest BCUT2D eigenvalue weighted by molar-refractivity contribution is -0.144. The molecule has 1 heterocycles. The van der Waals surface area contributed by atoms with Crippen LogP contribution in [-0.4, -0.2) is 47.8 Å². The third-order valence-corrected chi connectivity index (χ3v) is 4.63. The Morgan fingerprint density at radius 2 is 2.00 bits per heavy atom. The average Bonchev–Trinajstić information content (AvgIpc) is 2.78. The van der Waals surface area contributed by atoms with Crippen LogP contribution >= 0.6 is 0 Å². The maximum Gasteiger partial charge on any atom is 0.308 e. The summed E-state index contributed by atoms with van der Waals surface area (Å²) in [6, 6.07) is 0.203. The van der Waals surface area contributed by atoms with Crippen molar-refractivity contribution >= 4 is 5.97 Å². The summed E-state index contributed by atoms with van der Waals surface area (Å²) in [5, 5.41) is 9.48. The molecule has 3 unspecified atom stereocenters. The van der Waals surface area contributed by atoms with Gasteiger partial charge in [0.15, 0.2) is 0 Å². The number of carbonyl (C=O) groups is 1.